The molecule has 1 aliphatic rings. The molecule has 0 fully saturated rings. The van der Waals surface area contributed by atoms with Gasteiger partial charge in [0.15, 0.2) is 0 Å². The summed E-state index contributed by atoms with van der Waals surface area (Å²) in [4.78, 5) is 12.4. The van der Waals surface area contributed by atoms with Crippen LogP contribution in [0, 0.1) is 0 Å². The van der Waals surface area contributed by atoms with E-state index in [9.17, 15) is 13.2 Å². The van der Waals surface area contributed by atoms with E-state index in [0.29, 0.717) is 17.1 Å². The number of fused-ring (bicyclic) bond motifs is 1. The molecule has 1 unspecified atom stereocenters. The van der Waals surface area contributed by atoms with Gasteiger partial charge in [-0.25, -0.2) is 13.1 Å². The normalized spacial score (nSPS) is 17.2. The molecule has 2 aromatic carbocycles. The molecule has 0 radical (unpaired) electrons. The van der Waals surface area contributed by atoms with E-state index in [4.69, 9.17) is 11.6 Å². The molecule has 1 amide bonds. The predicted octanol–water partition coefficient (Wildman–Crippen LogP) is 2.64. The molecule has 2 N–H and O–H groups in total. The SMILES string of the molecule is O=C(NS(=O)(=O)C=Cc1ccc(Cl)cc1)C1NCCc2ccccc21. The lowest BCUT2D eigenvalue weighted by Gasteiger charge is -2.25. The Balaban J connectivity index is 1.73. The number of hydrogen-bond acceptors (Lipinski definition) is 4. The standard InChI is InChI=1S/C18H17ClN2O3S/c19-15-7-5-13(6-8-15)10-12-25(23,24)21-18(22)17-16-4-2-1-3-14(16)9-11-20-17/h1-8,10,12,17,20H,9,11H2,(H,21,22). The third-order valence-electron chi connectivity index (χ3n) is 3.92. The zero-order chi connectivity index (χ0) is 17.9. The summed E-state index contributed by atoms with van der Waals surface area (Å²) in [5.41, 5.74) is 2.53. The molecule has 0 aromatic heterocycles. The van der Waals surface area contributed by atoms with Crippen LogP contribution in [0.1, 0.15) is 22.7 Å². The lowest BCUT2D eigenvalue weighted by molar-refractivity contribution is -0.121. The summed E-state index contributed by atoms with van der Waals surface area (Å²) < 4.78 is 26.4. The first kappa shape index (κ1) is 17.7. The Hall–Kier alpha value is -2.15. The molecule has 1 aliphatic heterocycles. The van der Waals surface area contributed by atoms with E-state index in [1.165, 1.54) is 6.08 Å². The van der Waals surface area contributed by atoms with Crippen LogP contribution in [0.15, 0.2) is 53.9 Å². The lowest BCUT2D eigenvalue weighted by Crippen LogP contribution is -2.42. The van der Waals surface area contributed by atoms with Crippen molar-refractivity contribution < 1.29 is 13.2 Å². The number of sulfonamides is 1. The van der Waals surface area contributed by atoms with E-state index in [2.05, 4.69) is 10.0 Å². The van der Waals surface area contributed by atoms with Crippen molar-refractivity contribution in [2.75, 3.05) is 6.54 Å². The summed E-state index contributed by atoms with van der Waals surface area (Å²) in [7, 11) is -3.89. The second-order valence-corrected chi connectivity index (χ2v) is 7.70. The van der Waals surface area contributed by atoms with Gasteiger partial charge in [-0.1, -0.05) is 48.0 Å². The van der Waals surface area contributed by atoms with Crippen LogP contribution in [0.3, 0.4) is 0 Å². The van der Waals surface area contributed by atoms with Crippen molar-refractivity contribution in [2.24, 2.45) is 0 Å². The van der Waals surface area contributed by atoms with Gasteiger partial charge in [0.05, 0.1) is 5.41 Å². The van der Waals surface area contributed by atoms with Crippen molar-refractivity contribution in [3.63, 3.8) is 0 Å². The van der Waals surface area contributed by atoms with E-state index < -0.39 is 22.0 Å². The summed E-state index contributed by atoms with van der Waals surface area (Å²) in [6.07, 6.45) is 2.22. The zero-order valence-corrected chi connectivity index (χ0v) is 14.8. The average Bonchev–Trinajstić information content (AvgIpc) is 2.60. The highest BCUT2D eigenvalue weighted by atomic mass is 35.5. The van der Waals surface area contributed by atoms with E-state index >= 15 is 0 Å². The molecular weight excluding hydrogens is 360 g/mol. The van der Waals surface area contributed by atoms with Gasteiger partial charge in [0.2, 0.25) is 0 Å². The summed E-state index contributed by atoms with van der Waals surface area (Å²) in [5.74, 6) is -0.590. The summed E-state index contributed by atoms with van der Waals surface area (Å²) in [5, 5.41) is 4.60. The van der Waals surface area contributed by atoms with Crippen molar-refractivity contribution in [1.29, 1.82) is 0 Å². The Bertz CT molecular complexity index is 908. The third-order valence-corrected chi connectivity index (χ3v) is 5.16. The molecule has 0 spiro atoms. The van der Waals surface area contributed by atoms with Crippen LogP contribution in [0.25, 0.3) is 6.08 Å². The topological polar surface area (TPSA) is 75.3 Å². The molecule has 2 aromatic rings. The lowest BCUT2D eigenvalue weighted by atomic mass is 9.94. The second kappa shape index (κ2) is 7.39. The van der Waals surface area contributed by atoms with Gasteiger partial charge in [-0.2, -0.15) is 0 Å². The number of halogens is 1. The smallest absolute Gasteiger partial charge is 0.257 e. The number of carbonyl (C=O) groups is 1. The van der Waals surface area contributed by atoms with Gasteiger partial charge >= 0.3 is 0 Å². The molecule has 0 saturated heterocycles. The number of nitrogens with one attached hydrogen (secondary N) is 2. The summed E-state index contributed by atoms with van der Waals surface area (Å²) >= 11 is 5.79. The summed E-state index contributed by atoms with van der Waals surface area (Å²) in [6.45, 7) is 0.621. The first-order valence-corrected chi connectivity index (χ1v) is 9.68. The number of benzene rings is 2. The molecular formula is C18H17ClN2O3S. The highest BCUT2D eigenvalue weighted by Gasteiger charge is 2.27. The molecule has 130 valence electrons. The fourth-order valence-corrected chi connectivity index (χ4v) is 3.64. The molecule has 1 atom stereocenters. The van der Waals surface area contributed by atoms with Crippen molar-refractivity contribution >= 4 is 33.6 Å². The second-order valence-electron chi connectivity index (χ2n) is 5.70. The van der Waals surface area contributed by atoms with Gasteiger partial charge in [0.25, 0.3) is 15.9 Å². The third kappa shape index (κ3) is 4.48. The maximum Gasteiger partial charge on any atom is 0.257 e. The van der Waals surface area contributed by atoms with Crippen LogP contribution in [-0.2, 0) is 21.2 Å². The Morgan fingerprint density at radius 1 is 1.16 bits per heavy atom. The van der Waals surface area contributed by atoms with Gasteiger partial charge in [0, 0.05) is 11.6 Å². The van der Waals surface area contributed by atoms with Crippen molar-refractivity contribution in [1.82, 2.24) is 10.0 Å². The molecule has 0 saturated carbocycles. The maximum absolute atomic E-state index is 12.4. The minimum atomic E-state index is -3.89. The quantitative estimate of drug-likeness (QED) is 0.860. The summed E-state index contributed by atoms with van der Waals surface area (Å²) in [6, 6.07) is 13.6. The molecule has 1 heterocycles. The number of rotatable bonds is 4. The van der Waals surface area contributed by atoms with Gasteiger partial charge in [-0.05, 0) is 41.3 Å². The fourth-order valence-electron chi connectivity index (χ4n) is 2.71. The Labute approximate surface area is 151 Å². The van der Waals surface area contributed by atoms with Crippen LogP contribution >= 0.6 is 11.6 Å². The molecule has 3 rings (SSSR count). The van der Waals surface area contributed by atoms with Gasteiger partial charge in [-0.3, -0.25) is 4.79 Å². The first-order chi connectivity index (χ1) is 11.9. The number of carbonyl (C=O) groups excluding carboxylic acids is 1. The van der Waals surface area contributed by atoms with Crippen molar-refractivity contribution in [2.45, 2.75) is 12.5 Å². The zero-order valence-electron chi connectivity index (χ0n) is 13.3. The van der Waals surface area contributed by atoms with Crippen molar-refractivity contribution in [3.8, 4) is 0 Å². The Morgan fingerprint density at radius 2 is 1.88 bits per heavy atom. The molecule has 0 aliphatic carbocycles. The van der Waals surface area contributed by atoms with Crippen molar-refractivity contribution in [3.05, 3.63) is 75.7 Å². The number of amides is 1. The van der Waals surface area contributed by atoms with Gasteiger partial charge in [-0.15, -0.1) is 0 Å². The van der Waals surface area contributed by atoms with E-state index in [1.54, 1.807) is 24.3 Å². The Morgan fingerprint density at radius 3 is 2.64 bits per heavy atom. The van der Waals surface area contributed by atoms with E-state index in [1.807, 2.05) is 24.3 Å². The molecule has 7 heteroatoms. The monoisotopic (exact) mass is 376 g/mol. The van der Waals surface area contributed by atoms with Gasteiger partial charge in [0.1, 0.15) is 6.04 Å². The maximum atomic E-state index is 12.4. The van der Waals surface area contributed by atoms with Crippen LogP contribution < -0.4 is 10.0 Å². The predicted molar refractivity (Wildman–Crippen MR) is 98.4 cm³/mol. The van der Waals surface area contributed by atoms with Crippen LogP contribution in [0.2, 0.25) is 5.02 Å². The van der Waals surface area contributed by atoms with Gasteiger partial charge < -0.3 is 5.32 Å². The minimum absolute atomic E-state index is 0.565. The van der Waals surface area contributed by atoms with Crippen LogP contribution in [0.5, 0.6) is 0 Å². The van der Waals surface area contributed by atoms with E-state index in [-0.39, 0.29) is 0 Å². The van der Waals surface area contributed by atoms with Crippen LogP contribution in [0.4, 0.5) is 0 Å². The number of hydrogen-bond donors (Lipinski definition) is 2. The Kier molecular flexibility index (Phi) is 5.22. The highest BCUT2D eigenvalue weighted by Crippen LogP contribution is 2.23. The van der Waals surface area contributed by atoms with Crippen LogP contribution in [-0.4, -0.2) is 20.9 Å². The average molecular weight is 377 g/mol. The molecule has 25 heavy (non-hydrogen) atoms. The minimum Gasteiger partial charge on any atom is -0.302 e. The fraction of sp³-hybridized carbons (Fsp3) is 0.167. The molecule has 5 nitrogen and oxygen atoms in total. The van der Waals surface area contributed by atoms with E-state index in [0.717, 1.165) is 23.0 Å². The first-order valence-electron chi connectivity index (χ1n) is 7.76. The largest absolute Gasteiger partial charge is 0.302 e. The molecule has 0 bridgehead atoms. The highest BCUT2D eigenvalue weighted by molar-refractivity contribution is 7.93.